The normalized spacial score (nSPS) is 13.0. The summed E-state index contributed by atoms with van der Waals surface area (Å²) >= 11 is 4.17. The SMILES string of the molecule is CC(C)COC(=O)N[C@@H](CCC(=O)O)C(=O)N[C@@H](CC(C)C)C(=O)N[C@@H](CS)C(=O)NCCc1ccc([N+](=O)[O-])cc1. The number of carboxylic acids is 1. The number of non-ortho nitro benzene ring substituents is 1. The van der Waals surface area contributed by atoms with Gasteiger partial charge in [-0.05, 0) is 36.7 Å². The van der Waals surface area contributed by atoms with Gasteiger partial charge in [-0.15, -0.1) is 0 Å². The van der Waals surface area contributed by atoms with Crippen LogP contribution in [0.1, 0.15) is 52.5 Å². The quantitative estimate of drug-likeness (QED) is 0.0812. The number of ether oxygens (including phenoxy) is 1. The number of aliphatic carboxylic acids is 1. The van der Waals surface area contributed by atoms with Crippen LogP contribution in [0.25, 0.3) is 0 Å². The topological polar surface area (TPSA) is 206 Å². The van der Waals surface area contributed by atoms with Gasteiger partial charge in [0.05, 0.1) is 11.5 Å². The fourth-order valence-corrected chi connectivity index (χ4v) is 3.90. The minimum absolute atomic E-state index is 0.0397. The molecule has 15 heteroatoms. The number of alkyl carbamates (subject to hydrolysis) is 1. The van der Waals surface area contributed by atoms with Crippen molar-refractivity contribution in [3.05, 3.63) is 39.9 Å². The molecule has 0 aromatic heterocycles. The van der Waals surface area contributed by atoms with E-state index in [1.165, 1.54) is 12.1 Å². The minimum atomic E-state index is -1.27. The van der Waals surface area contributed by atoms with E-state index >= 15 is 0 Å². The third kappa shape index (κ3) is 14.1. The van der Waals surface area contributed by atoms with Crippen LogP contribution in [0.3, 0.4) is 0 Å². The lowest BCUT2D eigenvalue weighted by Gasteiger charge is -2.25. The summed E-state index contributed by atoms with van der Waals surface area (Å²) in [5, 5.41) is 30.1. The molecule has 0 fully saturated rings. The van der Waals surface area contributed by atoms with Crippen LogP contribution < -0.4 is 21.3 Å². The molecule has 1 aromatic carbocycles. The molecule has 0 aliphatic carbocycles. The molecule has 0 aliphatic rings. The van der Waals surface area contributed by atoms with E-state index in [1.807, 2.05) is 27.7 Å². The standard InChI is InChI=1S/C27H41N5O9S/c1-16(2)13-21(29-25(36)20(9-10-23(33)34)31-27(38)41-14-17(3)4)26(37)30-22(15-42)24(35)28-12-11-18-5-7-19(8-6-18)32(39)40/h5-8,16-17,20-22,42H,9-15H2,1-4H3,(H,28,35)(H,29,36)(H,30,37)(H,31,38)(H,33,34)/t20-,21-,22-/m0/s1. The zero-order valence-corrected chi connectivity index (χ0v) is 25.1. The van der Waals surface area contributed by atoms with E-state index < -0.39 is 59.3 Å². The molecule has 0 spiro atoms. The Hall–Kier alpha value is -3.88. The van der Waals surface area contributed by atoms with Gasteiger partial charge in [0.1, 0.15) is 18.1 Å². The summed E-state index contributed by atoms with van der Waals surface area (Å²) in [5.41, 5.74) is 0.727. The second kappa shape index (κ2) is 18.5. The number of rotatable bonds is 18. The first-order valence-electron chi connectivity index (χ1n) is 13.6. The molecule has 0 heterocycles. The smallest absolute Gasteiger partial charge is 0.407 e. The molecule has 5 N–H and O–H groups in total. The highest BCUT2D eigenvalue weighted by Crippen LogP contribution is 2.12. The number of nitro groups is 1. The molecule has 42 heavy (non-hydrogen) atoms. The molecule has 1 aromatic rings. The van der Waals surface area contributed by atoms with E-state index in [1.54, 1.807) is 12.1 Å². The molecule has 0 unspecified atom stereocenters. The Morgan fingerprint density at radius 3 is 2.02 bits per heavy atom. The summed E-state index contributed by atoms with van der Waals surface area (Å²) in [6, 6.07) is 2.52. The second-order valence-corrected chi connectivity index (χ2v) is 10.9. The second-order valence-electron chi connectivity index (χ2n) is 10.5. The van der Waals surface area contributed by atoms with E-state index in [9.17, 15) is 34.1 Å². The number of benzene rings is 1. The maximum absolute atomic E-state index is 13.2. The Morgan fingerprint density at radius 1 is 0.905 bits per heavy atom. The highest BCUT2D eigenvalue weighted by Gasteiger charge is 2.30. The third-order valence-corrected chi connectivity index (χ3v) is 6.18. The largest absolute Gasteiger partial charge is 0.481 e. The predicted octanol–water partition coefficient (Wildman–Crippen LogP) is 1.81. The summed E-state index contributed by atoms with van der Waals surface area (Å²) in [4.78, 5) is 72.5. The number of amides is 4. The van der Waals surface area contributed by atoms with Crippen LogP contribution in [0.15, 0.2) is 24.3 Å². The lowest BCUT2D eigenvalue weighted by molar-refractivity contribution is -0.384. The molecule has 234 valence electrons. The van der Waals surface area contributed by atoms with E-state index in [2.05, 4.69) is 33.9 Å². The maximum atomic E-state index is 13.2. The van der Waals surface area contributed by atoms with Crippen LogP contribution in [0.5, 0.6) is 0 Å². The lowest BCUT2D eigenvalue weighted by Crippen LogP contribution is -2.57. The van der Waals surface area contributed by atoms with Gasteiger partial charge < -0.3 is 31.1 Å². The van der Waals surface area contributed by atoms with E-state index in [0.717, 1.165) is 5.56 Å². The van der Waals surface area contributed by atoms with Gasteiger partial charge in [-0.25, -0.2) is 4.79 Å². The summed E-state index contributed by atoms with van der Waals surface area (Å²) in [6.07, 6.45) is -0.940. The molecular formula is C27H41N5O9S. The number of nitrogens with zero attached hydrogens (tertiary/aromatic N) is 1. The third-order valence-electron chi connectivity index (χ3n) is 5.82. The molecule has 0 saturated carbocycles. The molecule has 1 rings (SSSR count). The number of carbonyl (C=O) groups excluding carboxylic acids is 4. The van der Waals surface area contributed by atoms with Crippen LogP contribution in [0, 0.1) is 22.0 Å². The highest BCUT2D eigenvalue weighted by atomic mass is 32.1. The number of hydrogen-bond donors (Lipinski definition) is 6. The van der Waals surface area contributed by atoms with Crippen molar-refractivity contribution in [2.45, 2.75) is 71.5 Å². The van der Waals surface area contributed by atoms with Crippen molar-refractivity contribution in [2.75, 3.05) is 18.9 Å². The van der Waals surface area contributed by atoms with Crippen molar-refractivity contribution in [1.82, 2.24) is 21.3 Å². The highest BCUT2D eigenvalue weighted by molar-refractivity contribution is 7.80. The summed E-state index contributed by atoms with van der Waals surface area (Å²) in [5.74, 6) is -3.15. The number of hydrogen-bond acceptors (Lipinski definition) is 9. The van der Waals surface area contributed by atoms with E-state index in [4.69, 9.17) is 9.84 Å². The summed E-state index contributed by atoms with van der Waals surface area (Å²) in [7, 11) is 0. The molecule has 14 nitrogen and oxygen atoms in total. The van der Waals surface area contributed by atoms with Crippen molar-refractivity contribution < 1.29 is 38.7 Å². The molecule has 0 radical (unpaired) electrons. The van der Waals surface area contributed by atoms with E-state index in [0.29, 0.717) is 6.42 Å². The molecule has 0 aliphatic heterocycles. The summed E-state index contributed by atoms with van der Waals surface area (Å²) in [6.45, 7) is 7.61. The van der Waals surface area contributed by atoms with E-state index in [-0.39, 0.29) is 49.3 Å². The van der Waals surface area contributed by atoms with Crippen LogP contribution in [-0.2, 0) is 30.3 Å². The van der Waals surface area contributed by atoms with Crippen molar-refractivity contribution in [1.29, 1.82) is 0 Å². The number of carboxylic acid groups (broad SMARTS) is 1. The van der Waals surface area contributed by atoms with Crippen LogP contribution in [0.4, 0.5) is 10.5 Å². The van der Waals surface area contributed by atoms with Gasteiger partial charge in [0, 0.05) is 30.9 Å². The average Bonchev–Trinajstić information content (AvgIpc) is 2.91. The lowest BCUT2D eigenvalue weighted by atomic mass is 10.0. The summed E-state index contributed by atoms with van der Waals surface area (Å²) < 4.78 is 5.04. The minimum Gasteiger partial charge on any atom is -0.481 e. The Morgan fingerprint density at radius 2 is 1.50 bits per heavy atom. The first kappa shape index (κ1) is 36.1. The van der Waals surface area contributed by atoms with Crippen molar-refractivity contribution in [3.8, 4) is 0 Å². The van der Waals surface area contributed by atoms with Crippen LogP contribution in [0.2, 0.25) is 0 Å². The van der Waals surface area contributed by atoms with Crippen molar-refractivity contribution >= 4 is 48.1 Å². The first-order chi connectivity index (χ1) is 19.7. The van der Waals surface area contributed by atoms with Crippen LogP contribution in [-0.4, -0.2) is 76.8 Å². The van der Waals surface area contributed by atoms with Crippen molar-refractivity contribution in [3.63, 3.8) is 0 Å². The van der Waals surface area contributed by atoms with Gasteiger partial charge in [0.25, 0.3) is 5.69 Å². The Bertz CT molecular complexity index is 1080. The number of thiol groups is 1. The first-order valence-corrected chi connectivity index (χ1v) is 14.2. The van der Waals surface area contributed by atoms with Gasteiger partial charge >= 0.3 is 12.1 Å². The van der Waals surface area contributed by atoms with Gasteiger partial charge in [0.2, 0.25) is 17.7 Å². The Kier molecular flexibility index (Phi) is 15.9. The number of nitro benzene ring substituents is 1. The molecule has 3 atom stereocenters. The van der Waals surface area contributed by atoms with Gasteiger partial charge in [-0.3, -0.25) is 29.3 Å². The monoisotopic (exact) mass is 611 g/mol. The fraction of sp³-hybridized carbons (Fsp3) is 0.593. The Balaban J connectivity index is 2.84. The fourth-order valence-electron chi connectivity index (χ4n) is 3.64. The van der Waals surface area contributed by atoms with Gasteiger partial charge in [-0.2, -0.15) is 12.6 Å². The molecule has 0 saturated heterocycles. The van der Waals surface area contributed by atoms with Crippen LogP contribution >= 0.6 is 12.6 Å². The van der Waals surface area contributed by atoms with Crippen molar-refractivity contribution in [2.24, 2.45) is 11.8 Å². The predicted molar refractivity (Wildman–Crippen MR) is 157 cm³/mol. The zero-order chi connectivity index (χ0) is 31.8. The molecule has 0 bridgehead atoms. The van der Waals surface area contributed by atoms with Gasteiger partial charge in [0.15, 0.2) is 0 Å². The average molecular weight is 612 g/mol. The maximum Gasteiger partial charge on any atom is 0.407 e. The molecular weight excluding hydrogens is 570 g/mol. The Labute approximate surface area is 250 Å². The van der Waals surface area contributed by atoms with Gasteiger partial charge in [-0.1, -0.05) is 39.8 Å². The zero-order valence-electron chi connectivity index (χ0n) is 24.3. The number of nitrogens with one attached hydrogen (secondary N) is 4. The molecule has 4 amide bonds. The number of carbonyl (C=O) groups is 5.